The second kappa shape index (κ2) is 4.38. The largest absolute Gasteiger partial charge is 0.493 e. The van der Waals surface area contributed by atoms with Crippen LogP contribution >= 0.6 is 0 Å². The van der Waals surface area contributed by atoms with Crippen molar-refractivity contribution in [1.82, 2.24) is 9.97 Å². The Labute approximate surface area is 105 Å². The van der Waals surface area contributed by atoms with Gasteiger partial charge in [0.1, 0.15) is 17.7 Å². The summed E-state index contributed by atoms with van der Waals surface area (Å²) in [4.78, 5) is 8.29. The third-order valence-electron chi connectivity index (χ3n) is 3.12. The Morgan fingerprint density at radius 1 is 1.33 bits per heavy atom. The van der Waals surface area contributed by atoms with Crippen molar-refractivity contribution in [2.45, 2.75) is 19.4 Å². The van der Waals surface area contributed by atoms with Gasteiger partial charge in [-0.2, -0.15) is 0 Å². The molecule has 0 amide bonds. The monoisotopic (exact) mass is 242 g/mol. The van der Waals surface area contributed by atoms with Crippen LogP contribution in [0.25, 0.3) is 0 Å². The number of hydrogen-bond donors (Lipinski definition) is 1. The van der Waals surface area contributed by atoms with E-state index in [0.29, 0.717) is 18.1 Å². The van der Waals surface area contributed by atoms with E-state index >= 15 is 0 Å². The number of aliphatic hydroxyl groups is 1. The molecule has 4 heteroatoms. The fourth-order valence-electron chi connectivity index (χ4n) is 2.24. The molecule has 0 saturated heterocycles. The fraction of sp³-hybridized carbons (Fsp3) is 0.286. The van der Waals surface area contributed by atoms with Crippen LogP contribution in [-0.4, -0.2) is 21.7 Å². The van der Waals surface area contributed by atoms with Crippen LogP contribution in [0.5, 0.6) is 5.75 Å². The van der Waals surface area contributed by atoms with Gasteiger partial charge in [0.2, 0.25) is 0 Å². The lowest BCUT2D eigenvalue weighted by Gasteiger charge is -2.14. The number of rotatable bonds is 2. The molecule has 0 saturated carbocycles. The Bertz CT molecular complexity index is 584. The van der Waals surface area contributed by atoms with Gasteiger partial charge in [-0.15, -0.1) is 0 Å². The second-order valence-corrected chi connectivity index (χ2v) is 4.37. The van der Waals surface area contributed by atoms with Gasteiger partial charge in [-0.25, -0.2) is 9.97 Å². The molecular formula is C14H14N2O2. The summed E-state index contributed by atoms with van der Waals surface area (Å²) in [5.41, 5.74) is 2.53. The minimum atomic E-state index is -0.764. The van der Waals surface area contributed by atoms with E-state index in [1.807, 2.05) is 25.1 Å². The van der Waals surface area contributed by atoms with Gasteiger partial charge in [0.25, 0.3) is 0 Å². The maximum Gasteiger partial charge on any atom is 0.128 e. The van der Waals surface area contributed by atoms with Crippen LogP contribution in [-0.2, 0) is 6.42 Å². The first-order chi connectivity index (χ1) is 8.75. The number of hydrogen-bond acceptors (Lipinski definition) is 4. The summed E-state index contributed by atoms with van der Waals surface area (Å²) in [6.07, 6.45) is 1.80. The first kappa shape index (κ1) is 11.2. The molecule has 3 rings (SSSR count). The maximum absolute atomic E-state index is 10.4. The predicted molar refractivity (Wildman–Crippen MR) is 66.5 cm³/mol. The average molecular weight is 242 g/mol. The number of para-hydroxylation sites is 1. The van der Waals surface area contributed by atoms with E-state index in [1.54, 1.807) is 12.3 Å². The smallest absolute Gasteiger partial charge is 0.128 e. The van der Waals surface area contributed by atoms with Crippen LogP contribution < -0.4 is 4.74 Å². The molecule has 92 valence electrons. The van der Waals surface area contributed by atoms with Crippen molar-refractivity contribution in [3.05, 3.63) is 53.1 Å². The average Bonchev–Trinajstić information content (AvgIpc) is 2.86. The molecule has 1 unspecified atom stereocenters. The Balaban J connectivity index is 2.03. The van der Waals surface area contributed by atoms with E-state index in [0.717, 1.165) is 23.3 Å². The molecule has 1 aliphatic rings. The summed E-state index contributed by atoms with van der Waals surface area (Å²) in [5, 5.41) is 10.4. The second-order valence-electron chi connectivity index (χ2n) is 4.37. The third-order valence-corrected chi connectivity index (χ3v) is 3.12. The molecule has 1 aliphatic heterocycles. The molecule has 1 atom stereocenters. The van der Waals surface area contributed by atoms with Gasteiger partial charge in [-0.1, -0.05) is 18.2 Å². The van der Waals surface area contributed by atoms with Gasteiger partial charge in [-0.05, 0) is 18.6 Å². The minimum Gasteiger partial charge on any atom is -0.493 e. The zero-order valence-electron chi connectivity index (χ0n) is 10.1. The zero-order chi connectivity index (χ0) is 12.5. The SMILES string of the molecule is Cc1nccc(C(O)c2cccc3c2OCC3)n1. The predicted octanol–water partition coefficient (Wildman–Crippen LogP) is 1.80. The van der Waals surface area contributed by atoms with Crippen LogP contribution in [0.15, 0.2) is 30.5 Å². The number of aromatic nitrogens is 2. The summed E-state index contributed by atoms with van der Waals surface area (Å²) < 4.78 is 5.60. The van der Waals surface area contributed by atoms with Crippen molar-refractivity contribution in [2.75, 3.05) is 6.61 Å². The lowest BCUT2D eigenvalue weighted by molar-refractivity contribution is 0.208. The van der Waals surface area contributed by atoms with E-state index in [2.05, 4.69) is 9.97 Å². The van der Waals surface area contributed by atoms with Crippen LogP contribution in [0, 0.1) is 6.92 Å². The van der Waals surface area contributed by atoms with Gasteiger partial charge in [0.15, 0.2) is 0 Å². The molecule has 2 aromatic rings. The molecule has 4 nitrogen and oxygen atoms in total. The van der Waals surface area contributed by atoms with E-state index in [4.69, 9.17) is 4.74 Å². The number of aryl methyl sites for hydroxylation is 1. The summed E-state index contributed by atoms with van der Waals surface area (Å²) >= 11 is 0. The van der Waals surface area contributed by atoms with E-state index in [1.165, 1.54) is 0 Å². The molecule has 0 bridgehead atoms. The molecule has 1 aromatic heterocycles. The zero-order valence-corrected chi connectivity index (χ0v) is 10.1. The molecule has 2 heterocycles. The number of benzene rings is 1. The van der Waals surface area contributed by atoms with Gasteiger partial charge in [0.05, 0.1) is 12.3 Å². The highest BCUT2D eigenvalue weighted by atomic mass is 16.5. The first-order valence-electron chi connectivity index (χ1n) is 5.98. The van der Waals surface area contributed by atoms with Crippen molar-refractivity contribution in [3.8, 4) is 5.75 Å². The summed E-state index contributed by atoms with van der Waals surface area (Å²) in [6.45, 7) is 2.49. The number of aliphatic hydroxyl groups excluding tert-OH is 1. The van der Waals surface area contributed by atoms with Crippen molar-refractivity contribution >= 4 is 0 Å². The Hall–Kier alpha value is -1.94. The van der Waals surface area contributed by atoms with Gasteiger partial charge >= 0.3 is 0 Å². The van der Waals surface area contributed by atoms with Crippen molar-refractivity contribution in [3.63, 3.8) is 0 Å². The van der Waals surface area contributed by atoms with Gasteiger partial charge in [-0.3, -0.25) is 0 Å². The standard InChI is InChI=1S/C14H14N2O2/c1-9-15-7-5-12(16-9)13(17)11-4-2-3-10-6-8-18-14(10)11/h2-5,7,13,17H,6,8H2,1H3. The minimum absolute atomic E-state index is 0.603. The quantitative estimate of drug-likeness (QED) is 0.872. The van der Waals surface area contributed by atoms with E-state index < -0.39 is 6.10 Å². The molecule has 0 radical (unpaired) electrons. The van der Waals surface area contributed by atoms with Crippen molar-refractivity contribution in [1.29, 1.82) is 0 Å². The lowest BCUT2D eigenvalue weighted by Crippen LogP contribution is -2.05. The van der Waals surface area contributed by atoms with Gasteiger partial charge in [0, 0.05) is 18.2 Å². The lowest BCUT2D eigenvalue weighted by atomic mass is 10.0. The highest BCUT2D eigenvalue weighted by molar-refractivity contribution is 5.47. The topological polar surface area (TPSA) is 55.2 Å². The van der Waals surface area contributed by atoms with Crippen LogP contribution in [0.1, 0.15) is 28.7 Å². The molecule has 0 aliphatic carbocycles. The highest BCUT2D eigenvalue weighted by Crippen LogP contribution is 2.35. The van der Waals surface area contributed by atoms with Crippen LogP contribution in [0.3, 0.4) is 0 Å². The molecule has 1 N–H and O–H groups in total. The maximum atomic E-state index is 10.4. The highest BCUT2D eigenvalue weighted by Gasteiger charge is 2.22. The molecule has 0 spiro atoms. The molecule has 18 heavy (non-hydrogen) atoms. The number of nitrogens with zero attached hydrogens (tertiary/aromatic N) is 2. The summed E-state index contributed by atoms with van der Waals surface area (Å²) in [6, 6.07) is 7.59. The van der Waals surface area contributed by atoms with Crippen LogP contribution in [0.2, 0.25) is 0 Å². The molecule has 1 aromatic carbocycles. The summed E-state index contributed by atoms with van der Waals surface area (Å²) in [7, 11) is 0. The van der Waals surface area contributed by atoms with Gasteiger partial charge < -0.3 is 9.84 Å². The van der Waals surface area contributed by atoms with Crippen molar-refractivity contribution < 1.29 is 9.84 Å². The van der Waals surface area contributed by atoms with Crippen molar-refractivity contribution in [2.24, 2.45) is 0 Å². The first-order valence-corrected chi connectivity index (χ1v) is 5.98. The van der Waals surface area contributed by atoms with E-state index in [-0.39, 0.29) is 0 Å². The van der Waals surface area contributed by atoms with Crippen LogP contribution in [0.4, 0.5) is 0 Å². The molecular weight excluding hydrogens is 228 g/mol. The Kier molecular flexibility index (Phi) is 2.72. The normalized spacial score (nSPS) is 15.0. The Morgan fingerprint density at radius 3 is 3.06 bits per heavy atom. The molecule has 0 fully saturated rings. The fourth-order valence-corrected chi connectivity index (χ4v) is 2.24. The number of ether oxygens (including phenoxy) is 1. The number of fused-ring (bicyclic) bond motifs is 1. The summed E-state index contributed by atoms with van der Waals surface area (Å²) in [5.74, 6) is 1.46. The Morgan fingerprint density at radius 2 is 2.22 bits per heavy atom. The van der Waals surface area contributed by atoms with E-state index in [9.17, 15) is 5.11 Å². The third kappa shape index (κ3) is 1.84.